The molecule has 1 amide bonds. The molecule has 3 N–H and O–H groups in total. The summed E-state index contributed by atoms with van der Waals surface area (Å²) in [6.07, 6.45) is 1.73. The van der Waals surface area contributed by atoms with E-state index in [0.29, 0.717) is 24.1 Å². The molecule has 152 valence electrons. The van der Waals surface area contributed by atoms with E-state index in [1.807, 2.05) is 0 Å². The lowest BCUT2D eigenvalue weighted by atomic mass is 9.79. The molecular weight excluding hydrogens is 388 g/mol. The van der Waals surface area contributed by atoms with E-state index < -0.39 is 16.4 Å². The maximum Gasteiger partial charge on any atom is 0.270 e. The number of nitro benzene ring substituents is 1. The molecule has 1 aromatic heterocycles. The molecule has 1 aliphatic rings. The molecule has 0 bridgehead atoms. The second kappa shape index (κ2) is 9.13. The molecule has 2 heterocycles. The number of hydrogen-bond donors (Lipinski definition) is 3. The molecule has 0 atom stereocenters. The van der Waals surface area contributed by atoms with Crippen LogP contribution in [0.25, 0.3) is 10.9 Å². The topological polar surface area (TPSA) is 126 Å². The molecule has 1 aliphatic heterocycles. The Balaban J connectivity index is 0.00000280. The van der Waals surface area contributed by atoms with Crippen molar-refractivity contribution < 1.29 is 14.5 Å². The number of piperidine rings is 1. The van der Waals surface area contributed by atoms with Crippen molar-refractivity contribution in [3.8, 4) is 0 Å². The van der Waals surface area contributed by atoms with Gasteiger partial charge in [0.25, 0.3) is 11.6 Å². The molecule has 1 fully saturated rings. The fourth-order valence-electron chi connectivity index (χ4n) is 3.54. The zero-order valence-corrected chi connectivity index (χ0v) is 16.3. The smallest absolute Gasteiger partial charge is 0.270 e. The van der Waals surface area contributed by atoms with Gasteiger partial charge in [-0.25, -0.2) is 0 Å². The summed E-state index contributed by atoms with van der Waals surface area (Å²) in [6.45, 7) is 2.62. The zero-order chi connectivity index (χ0) is 19.4. The summed E-state index contributed by atoms with van der Waals surface area (Å²) in [7, 11) is 1.63. The lowest BCUT2D eigenvalue weighted by Crippen LogP contribution is -2.47. The van der Waals surface area contributed by atoms with Gasteiger partial charge in [0.1, 0.15) is 0 Å². The number of aromatic amines is 1. The highest BCUT2D eigenvalue weighted by atomic mass is 35.5. The maximum absolute atomic E-state index is 12.8. The summed E-state index contributed by atoms with van der Waals surface area (Å²) in [5.41, 5.74) is -0.239. The summed E-state index contributed by atoms with van der Waals surface area (Å²) in [5, 5.41) is 17.6. The first-order chi connectivity index (χ1) is 12.9. The molecule has 28 heavy (non-hydrogen) atoms. The van der Waals surface area contributed by atoms with Crippen LogP contribution >= 0.6 is 12.4 Å². The average Bonchev–Trinajstić information content (AvgIpc) is 2.66. The predicted molar refractivity (Wildman–Crippen MR) is 107 cm³/mol. The van der Waals surface area contributed by atoms with E-state index in [1.165, 1.54) is 24.3 Å². The molecule has 0 spiro atoms. The molecule has 10 heteroatoms. The van der Waals surface area contributed by atoms with Crippen molar-refractivity contribution in [2.75, 3.05) is 33.4 Å². The minimum atomic E-state index is -0.533. The van der Waals surface area contributed by atoms with Crippen molar-refractivity contribution in [2.45, 2.75) is 12.8 Å². The van der Waals surface area contributed by atoms with Crippen LogP contribution in [0.5, 0.6) is 0 Å². The minimum absolute atomic E-state index is 0. The molecule has 0 radical (unpaired) electrons. The number of nitro groups is 1. The number of benzene rings is 1. The van der Waals surface area contributed by atoms with Crippen LogP contribution in [0, 0.1) is 15.5 Å². The van der Waals surface area contributed by atoms with E-state index in [0.717, 1.165) is 25.9 Å². The third-order valence-corrected chi connectivity index (χ3v) is 5.02. The summed E-state index contributed by atoms with van der Waals surface area (Å²) in [5.74, 6) is -0.430. The molecule has 0 aliphatic carbocycles. The van der Waals surface area contributed by atoms with Crippen LogP contribution < -0.4 is 16.2 Å². The first-order valence-electron chi connectivity index (χ1n) is 8.73. The van der Waals surface area contributed by atoms with Crippen LogP contribution in [0.2, 0.25) is 0 Å². The number of H-pyrrole nitrogens is 1. The molecule has 0 unspecified atom stereocenters. The molecule has 1 saturated heterocycles. The Kier molecular flexibility index (Phi) is 7.11. The van der Waals surface area contributed by atoms with E-state index in [4.69, 9.17) is 4.74 Å². The average molecular weight is 411 g/mol. The minimum Gasteiger partial charge on any atom is -0.384 e. The number of nitrogens with zero attached hydrogens (tertiary/aromatic N) is 1. The van der Waals surface area contributed by atoms with Crippen molar-refractivity contribution in [1.29, 1.82) is 0 Å². The van der Waals surface area contributed by atoms with Gasteiger partial charge in [0.05, 0.1) is 17.1 Å². The molecule has 1 aromatic carbocycles. The van der Waals surface area contributed by atoms with E-state index in [2.05, 4.69) is 15.6 Å². The summed E-state index contributed by atoms with van der Waals surface area (Å²) < 4.78 is 5.35. The van der Waals surface area contributed by atoms with Gasteiger partial charge in [-0.15, -0.1) is 12.4 Å². The number of aromatic nitrogens is 1. The highest BCUT2D eigenvalue weighted by Crippen LogP contribution is 2.28. The van der Waals surface area contributed by atoms with Gasteiger partial charge in [-0.3, -0.25) is 19.7 Å². The first-order valence-corrected chi connectivity index (χ1v) is 8.73. The van der Waals surface area contributed by atoms with Gasteiger partial charge in [0.15, 0.2) is 0 Å². The number of nitrogens with one attached hydrogen (secondary N) is 3. The van der Waals surface area contributed by atoms with E-state index in [1.54, 1.807) is 7.11 Å². The Morgan fingerprint density at radius 3 is 2.68 bits per heavy atom. The monoisotopic (exact) mass is 410 g/mol. The molecule has 3 rings (SSSR count). The Bertz CT molecular complexity index is 918. The lowest BCUT2D eigenvalue weighted by molar-refractivity contribution is -0.384. The number of rotatable bonds is 6. The van der Waals surface area contributed by atoms with Gasteiger partial charge in [0, 0.05) is 48.2 Å². The SMILES string of the molecule is COCC1(CNC(=O)c2cc(=O)[nH]c3ccc([N+](=O)[O-])cc23)CCNCC1.Cl. The van der Waals surface area contributed by atoms with Crippen LogP contribution in [0.4, 0.5) is 5.69 Å². The first kappa shape index (κ1) is 21.8. The van der Waals surface area contributed by atoms with E-state index >= 15 is 0 Å². The van der Waals surface area contributed by atoms with E-state index in [-0.39, 0.29) is 29.1 Å². The van der Waals surface area contributed by atoms with Crippen molar-refractivity contribution >= 4 is 34.9 Å². The van der Waals surface area contributed by atoms with Crippen LogP contribution in [0.15, 0.2) is 29.1 Å². The Hall–Kier alpha value is -2.49. The third-order valence-electron chi connectivity index (χ3n) is 5.02. The van der Waals surface area contributed by atoms with Crippen LogP contribution in [-0.2, 0) is 4.74 Å². The third kappa shape index (κ3) is 4.67. The van der Waals surface area contributed by atoms with E-state index in [9.17, 15) is 19.7 Å². The standard InChI is InChI=1S/C18H22N4O5.ClH/c1-27-11-18(4-6-19-7-5-18)10-20-17(24)14-9-16(23)21-15-3-2-12(22(25)26)8-13(14)15;/h2-3,8-9,19H,4-7,10-11H2,1H3,(H,20,24)(H,21,23);1H. The van der Waals surface area contributed by atoms with Crippen molar-refractivity contribution in [2.24, 2.45) is 5.41 Å². The Morgan fingerprint density at radius 2 is 2.04 bits per heavy atom. The van der Waals surface area contributed by atoms with Gasteiger partial charge in [-0.2, -0.15) is 0 Å². The number of halogens is 1. The largest absolute Gasteiger partial charge is 0.384 e. The predicted octanol–water partition coefficient (Wildman–Crippen LogP) is 1.60. The number of fused-ring (bicyclic) bond motifs is 1. The number of methoxy groups -OCH3 is 1. The van der Waals surface area contributed by atoms with Crippen molar-refractivity contribution in [1.82, 2.24) is 15.6 Å². The van der Waals surface area contributed by atoms with Gasteiger partial charge in [-0.05, 0) is 32.0 Å². The maximum atomic E-state index is 12.8. The molecule has 9 nitrogen and oxygen atoms in total. The number of carbonyl (C=O) groups is 1. The van der Waals surface area contributed by atoms with Crippen LogP contribution in [0.1, 0.15) is 23.2 Å². The second-order valence-corrected chi connectivity index (χ2v) is 6.90. The fraction of sp³-hybridized carbons (Fsp3) is 0.444. The van der Waals surface area contributed by atoms with Gasteiger partial charge >= 0.3 is 0 Å². The molecule has 0 saturated carbocycles. The number of non-ortho nitro benzene ring substituents is 1. The summed E-state index contributed by atoms with van der Waals surface area (Å²) in [6, 6.07) is 5.20. The number of ether oxygens (including phenoxy) is 1. The fourth-order valence-corrected chi connectivity index (χ4v) is 3.54. The Morgan fingerprint density at radius 1 is 1.32 bits per heavy atom. The highest BCUT2D eigenvalue weighted by molar-refractivity contribution is 6.06. The quantitative estimate of drug-likeness (QED) is 0.490. The summed E-state index contributed by atoms with van der Waals surface area (Å²) >= 11 is 0. The van der Waals surface area contributed by atoms with Gasteiger partial charge in [-0.1, -0.05) is 0 Å². The Labute approximate surface area is 167 Å². The number of carbonyl (C=O) groups excluding carboxylic acids is 1. The van der Waals surface area contributed by atoms with Crippen LogP contribution in [-0.4, -0.2) is 49.2 Å². The van der Waals surface area contributed by atoms with Gasteiger partial charge < -0.3 is 20.4 Å². The van der Waals surface area contributed by atoms with Gasteiger partial charge in [0.2, 0.25) is 5.56 Å². The molecular formula is C18H23ClN4O5. The number of pyridine rings is 1. The molecule has 2 aromatic rings. The summed E-state index contributed by atoms with van der Waals surface area (Å²) in [4.78, 5) is 37.8. The van der Waals surface area contributed by atoms with Crippen molar-refractivity contribution in [3.63, 3.8) is 0 Å². The number of amides is 1. The second-order valence-electron chi connectivity index (χ2n) is 6.90. The van der Waals surface area contributed by atoms with Crippen LogP contribution in [0.3, 0.4) is 0 Å². The van der Waals surface area contributed by atoms with Crippen molar-refractivity contribution in [3.05, 3.63) is 50.3 Å². The zero-order valence-electron chi connectivity index (χ0n) is 15.4. The normalized spacial score (nSPS) is 15.6. The number of hydrogen-bond acceptors (Lipinski definition) is 6. The highest BCUT2D eigenvalue weighted by Gasteiger charge is 2.32. The lowest BCUT2D eigenvalue weighted by Gasteiger charge is -2.37.